The van der Waals surface area contributed by atoms with E-state index in [1.54, 1.807) is 12.3 Å². The number of hydrogen-bond acceptors (Lipinski definition) is 7. The van der Waals surface area contributed by atoms with Crippen LogP contribution >= 0.6 is 11.8 Å². The molecule has 0 spiro atoms. The van der Waals surface area contributed by atoms with E-state index in [2.05, 4.69) is 29.9 Å². The Hall–Kier alpha value is -3.64. The summed E-state index contributed by atoms with van der Waals surface area (Å²) in [6.45, 7) is 7.42. The van der Waals surface area contributed by atoms with Gasteiger partial charge in [0.2, 0.25) is 0 Å². The van der Waals surface area contributed by atoms with Gasteiger partial charge < -0.3 is 14.6 Å². The molecule has 0 fully saturated rings. The number of hydrogen-bond donors (Lipinski definition) is 1. The van der Waals surface area contributed by atoms with Crippen LogP contribution in [0.3, 0.4) is 0 Å². The Morgan fingerprint density at radius 1 is 1.13 bits per heavy atom. The number of aromatic nitrogens is 2. The zero-order valence-corrected chi connectivity index (χ0v) is 23.8. The number of aliphatic carboxylic acids is 1. The van der Waals surface area contributed by atoms with Crippen molar-refractivity contribution < 1.29 is 23.8 Å². The molecule has 0 amide bonds. The molecule has 1 aromatic heterocycles. The average molecular weight is 552 g/mol. The van der Waals surface area contributed by atoms with Crippen LogP contribution in [0.15, 0.2) is 53.8 Å². The second kappa shape index (κ2) is 12.9. The molecule has 0 aliphatic carbocycles. The van der Waals surface area contributed by atoms with E-state index in [4.69, 9.17) is 14.6 Å². The summed E-state index contributed by atoms with van der Waals surface area (Å²) in [5, 5.41) is 19.5. The van der Waals surface area contributed by atoms with E-state index in [-0.39, 0.29) is 19.4 Å². The molecule has 3 rings (SSSR count). The summed E-state index contributed by atoms with van der Waals surface area (Å²) in [7, 11) is 0. The van der Waals surface area contributed by atoms with Gasteiger partial charge in [0.25, 0.3) is 0 Å². The SMILES string of the molecule is CCc1cc(C(C)(C)c2ccc(OCc3ccnc(SC)n3)cc2)cc(C#N)c1OCC(C)(F)CCC(=O)O. The average Bonchev–Trinajstić information content (AvgIpc) is 2.93. The van der Waals surface area contributed by atoms with Gasteiger partial charge in [-0.05, 0) is 67.0 Å². The Kier molecular flexibility index (Phi) is 9.92. The number of halogens is 1. The first-order chi connectivity index (χ1) is 18.5. The first-order valence-corrected chi connectivity index (χ1v) is 13.9. The summed E-state index contributed by atoms with van der Waals surface area (Å²) in [5.41, 5.74) is 1.60. The zero-order chi connectivity index (χ0) is 28.6. The Labute approximate surface area is 233 Å². The number of alkyl halides is 1. The maximum absolute atomic E-state index is 14.8. The zero-order valence-electron chi connectivity index (χ0n) is 23.0. The monoisotopic (exact) mass is 551 g/mol. The highest BCUT2D eigenvalue weighted by Gasteiger charge is 2.29. The van der Waals surface area contributed by atoms with E-state index < -0.39 is 17.1 Å². The first kappa shape index (κ1) is 29.9. The Morgan fingerprint density at radius 3 is 2.46 bits per heavy atom. The number of nitriles is 1. The van der Waals surface area contributed by atoms with Crippen molar-refractivity contribution in [3.05, 3.63) is 76.6 Å². The normalized spacial score (nSPS) is 12.8. The molecule has 0 radical (unpaired) electrons. The number of carbonyl (C=O) groups is 1. The summed E-state index contributed by atoms with van der Waals surface area (Å²) < 4.78 is 26.5. The van der Waals surface area contributed by atoms with Gasteiger partial charge in [-0.1, -0.05) is 50.7 Å². The van der Waals surface area contributed by atoms with Crippen molar-refractivity contribution in [1.29, 1.82) is 5.26 Å². The lowest BCUT2D eigenvalue weighted by Gasteiger charge is -2.28. The lowest BCUT2D eigenvalue weighted by molar-refractivity contribution is -0.137. The van der Waals surface area contributed by atoms with Crippen LogP contribution in [-0.2, 0) is 23.2 Å². The summed E-state index contributed by atoms with van der Waals surface area (Å²) in [6.07, 6.45) is 3.76. The summed E-state index contributed by atoms with van der Waals surface area (Å²) in [4.78, 5) is 19.4. The number of rotatable bonds is 13. The fourth-order valence-corrected chi connectivity index (χ4v) is 4.45. The Balaban J connectivity index is 1.79. The lowest BCUT2D eigenvalue weighted by Crippen LogP contribution is -2.28. The number of thioether (sulfide) groups is 1. The van der Waals surface area contributed by atoms with Crippen molar-refractivity contribution >= 4 is 17.7 Å². The van der Waals surface area contributed by atoms with Crippen molar-refractivity contribution in [2.75, 3.05) is 12.9 Å². The van der Waals surface area contributed by atoms with Crippen molar-refractivity contribution in [2.45, 2.75) is 69.8 Å². The molecule has 0 bridgehead atoms. The molecule has 0 saturated heterocycles. The topological polar surface area (TPSA) is 105 Å². The molecule has 0 aliphatic rings. The minimum Gasteiger partial charge on any atom is -0.489 e. The van der Waals surface area contributed by atoms with E-state index in [1.807, 2.05) is 49.6 Å². The standard InChI is InChI=1S/C30H34FN3O4S/c1-6-20-15-23(16-21(17-32)27(20)38-19-30(4,31)13-11-26(35)36)29(2,3)22-7-9-25(10-8-22)37-18-24-12-14-33-28(34-24)39-5/h7-10,12,14-16H,6,11,13,18-19H2,1-5H3,(H,35,36). The number of carboxylic acid groups (broad SMARTS) is 1. The van der Waals surface area contributed by atoms with Crippen molar-refractivity contribution in [3.63, 3.8) is 0 Å². The fraction of sp³-hybridized carbons (Fsp3) is 0.400. The molecule has 2 aromatic carbocycles. The highest BCUT2D eigenvalue weighted by atomic mass is 32.2. The maximum Gasteiger partial charge on any atom is 0.303 e. The first-order valence-electron chi connectivity index (χ1n) is 12.7. The van der Waals surface area contributed by atoms with Crippen molar-refractivity contribution in [3.8, 4) is 17.6 Å². The maximum atomic E-state index is 14.8. The molecule has 0 aliphatic heterocycles. The van der Waals surface area contributed by atoms with Gasteiger partial charge in [0.1, 0.15) is 36.5 Å². The quantitative estimate of drug-likeness (QED) is 0.189. The predicted molar refractivity (Wildman–Crippen MR) is 149 cm³/mol. The van der Waals surface area contributed by atoms with Gasteiger partial charge in [-0.25, -0.2) is 14.4 Å². The molecule has 1 unspecified atom stereocenters. The molecule has 1 heterocycles. The van der Waals surface area contributed by atoms with Crippen LogP contribution in [0.4, 0.5) is 4.39 Å². The summed E-state index contributed by atoms with van der Waals surface area (Å²) in [5.74, 6) is -0.00360. The van der Waals surface area contributed by atoms with Gasteiger partial charge in [-0.15, -0.1) is 0 Å². The van der Waals surface area contributed by atoms with Crippen LogP contribution in [0.2, 0.25) is 0 Å². The molecule has 0 saturated carbocycles. The van der Waals surface area contributed by atoms with Crippen LogP contribution in [0.25, 0.3) is 0 Å². The van der Waals surface area contributed by atoms with Crippen LogP contribution in [-0.4, -0.2) is 39.6 Å². The minimum absolute atomic E-state index is 0.172. The number of nitrogens with zero attached hydrogens (tertiary/aromatic N) is 3. The van der Waals surface area contributed by atoms with E-state index in [0.717, 1.165) is 22.4 Å². The van der Waals surface area contributed by atoms with E-state index in [1.165, 1.54) is 18.7 Å². The van der Waals surface area contributed by atoms with E-state index >= 15 is 0 Å². The second-order valence-corrected chi connectivity index (χ2v) is 10.8. The molecule has 206 valence electrons. The van der Waals surface area contributed by atoms with Gasteiger partial charge in [-0.2, -0.15) is 5.26 Å². The molecular weight excluding hydrogens is 517 g/mol. The Bertz CT molecular complexity index is 1340. The van der Waals surface area contributed by atoms with Crippen LogP contribution < -0.4 is 9.47 Å². The lowest BCUT2D eigenvalue weighted by atomic mass is 9.77. The van der Waals surface area contributed by atoms with Gasteiger partial charge in [0, 0.05) is 18.0 Å². The third-order valence-corrected chi connectivity index (χ3v) is 7.16. The number of benzene rings is 2. The number of aryl methyl sites for hydroxylation is 1. The molecule has 1 atom stereocenters. The van der Waals surface area contributed by atoms with Gasteiger partial charge in [-0.3, -0.25) is 4.79 Å². The van der Waals surface area contributed by atoms with E-state index in [9.17, 15) is 14.4 Å². The highest BCUT2D eigenvalue weighted by molar-refractivity contribution is 7.98. The van der Waals surface area contributed by atoms with Crippen LogP contribution in [0.1, 0.15) is 68.5 Å². The van der Waals surface area contributed by atoms with Gasteiger partial charge in [0.15, 0.2) is 5.16 Å². The third-order valence-electron chi connectivity index (χ3n) is 6.60. The second-order valence-electron chi connectivity index (χ2n) is 10.0. The molecule has 1 N–H and O–H groups in total. The van der Waals surface area contributed by atoms with Crippen molar-refractivity contribution in [2.24, 2.45) is 0 Å². The number of carboxylic acids is 1. The van der Waals surface area contributed by atoms with Gasteiger partial charge in [0.05, 0.1) is 11.3 Å². The molecule has 7 nitrogen and oxygen atoms in total. The van der Waals surface area contributed by atoms with Crippen LogP contribution in [0, 0.1) is 11.3 Å². The molecule has 3 aromatic rings. The van der Waals surface area contributed by atoms with E-state index in [0.29, 0.717) is 35.2 Å². The summed E-state index contributed by atoms with van der Waals surface area (Å²) in [6, 6.07) is 15.6. The highest BCUT2D eigenvalue weighted by Crippen LogP contribution is 2.37. The number of ether oxygens (including phenoxy) is 2. The third kappa shape index (κ3) is 7.93. The largest absolute Gasteiger partial charge is 0.489 e. The van der Waals surface area contributed by atoms with Gasteiger partial charge >= 0.3 is 5.97 Å². The molecular formula is C30H34FN3O4S. The summed E-state index contributed by atoms with van der Waals surface area (Å²) >= 11 is 1.48. The van der Waals surface area contributed by atoms with Crippen molar-refractivity contribution in [1.82, 2.24) is 9.97 Å². The molecule has 9 heteroatoms. The fourth-order valence-electron chi connectivity index (χ4n) is 4.07. The Morgan fingerprint density at radius 2 is 1.85 bits per heavy atom. The predicted octanol–water partition coefficient (Wildman–Crippen LogP) is 6.51. The minimum atomic E-state index is -1.83. The smallest absolute Gasteiger partial charge is 0.303 e. The molecule has 39 heavy (non-hydrogen) atoms. The van der Waals surface area contributed by atoms with Crippen LogP contribution in [0.5, 0.6) is 11.5 Å².